The zero-order valence-electron chi connectivity index (χ0n) is 16.3. The summed E-state index contributed by atoms with van der Waals surface area (Å²) in [5, 5.41) is 7.39. The lowest BCUT2D eigenvalue weighted by Gasteiger charge is -2.38. The van der Waals surface area contributed by atoms with Crippen LogP contribution in [0.3, 0.4) is 0 Å². The van der Waals surface area contributed by atoms with E-state index in [0.717, 1.165) is 27.7 Å². The fourth-order valence-electron chi connectivity index (χ4n) is 3.08. The Morgan fingerprint density at radius 3 is 2.71 bits per heavy atom. The van der Waals surface area contributed by atoms with Crippen LogP contribution < -0.4 is 16.5 Å². The van der Waals surface area contributed by atoms with Gasteiger partial charge in [0.2, 0.25) is 0 Å². The van der Waals surface area contributed by atoms with Gasteiger partial charge in [-0.1, -0.05) is 36.4 Å². The van der Waals surface area contributed by atoms with Gasteiger partial charge in [0.25, 0.3) is 5.91 Å². The minimum Gasteiger partial charge on any atom is -0.373 e. The maximum Gasteiger partial charge on any atom is 0.264 e. The quantitative estimate of drug-likeness (QED) is 0.414. The van der Waals surface area contributed by atoms with Gasteiger partial charge in [0.05, 0.1) is 23.3 Å². The van der Waals surface area contributed by atoms with Gasteiger partial charge in [0.15, 0.2) is 0 Å². The van der Waals surface area contributed by atoms with Crippen molar-refractivity contribution in [3.05, 3.63) is 71.2 Å². The fourth-order valence-corrected chi connectivity index (χ4v) is 3.08. The largest absolute Gasteiger partial charge is 0.373 e. The van der Waals surface area contributed by atoms with Crippen LogP contribution >= 0.6 is 0 Å². The second-order valence-corrected chi connectivity index (χ2v) is 7.32. The predicted molar refractivity (Wildman–Crippen MR) is 107 cm³/mol. The molecule has 7 heteroatoms. The van der Waals surface area contributed by atoms with Crippen molar-refractivity contribution in [1.29, 1.82) is 0 Å². The van der Waals surface area contributed by atoms with Crippen LogP contribution in [0.1, 0.15) is 31.4 Å². The Morgan fingerprint density at radius 1 is 1.29 bits per heavy atom. The molecule has 0 unspecified atom stereocenters. The molecule has 0 saturated carbocycles. The lowest BCUT2D eigenvalue weighted by molar-refractivity contribution is -0.192. The van der Waals surface area contributed by atoms with Gasteiger partial charge in [-0.2, -0.15) is 5.17 Å². The Balaban J connectivity index is 1.66. The van der Waals surface area contributed by atoms with Crippen molar-refractivity contribution >= 4 is 17.3 Å². The minimum absolute atomic E-state index is 0.0638. The number of fused-ring (bicyclic) bond motifs is 1. The van der Waals surface area contributed by atoms with Crippen LogP contribution in [0.5, 0.6) is 0 Å². The molecule has 0 saturated heterocycles. The molecular weight excluding hydrogens is 359 g/mol. The molecular formula is C21H25FN4O2. The number of benzene rings is 2. The average Bonchev–Trinajstić information content (AvgIpc) is 2.64. The standard InChI is InChI=1S/C21H25FN4O2/c1-14-11-16(22)12-17-20(14)24-18(21(2,3)25-17)9-10-19(27)26(23)28-13-15-7-5-4-6-8-15/h4-9,11-12,24-25H,10,13,23H2,1-3H3. The van der Waals surface area contributed by atoms with E-state index >= 15 is 0 Å². The van der Waals surface area contributed by atoms with Gasteiger partial charge in [-0.15, -0.1) is 0 Å². The van der Waals surface area contributed by atoms with Crippen molar-refractivity contribution in [2.45, 2.75) is 39.3 Å². The van der Waals surface area contributed by atoms with Gasteiger partial charge in [0.1, 0.15) is 12.4 Å². The van der Waals surface area contributed by atoms with E-state index in [1.165, 1.54) is 12.1 Å². The van der Waals surface area contributed by atoms with Crippen LogP contribution in [0.4, 0.5) is 15.8 Å². The van der Waals surface area contributed by atoms with Crippen molar-refractivity contribution in [2.24, 2.45) is 5.84 Å². The smallest absolute Gasteiger partial charge is 0.264 e. The number of hydrogen-bond acceptors (Lipinski definition) is 5. The lowest BCUT2D eigenvalue weighted by Crippen LogP contribution is -2.41. The second-order valence-electron chi connectivity index (χ2n) is 7.32. The highest BCUT2D eigenvalue weighted by Gasteiger charge is 2.30. The molecule has 6 nitrogen and oxygen atoms in total. The number of nitrogens with zero attached hydrogens (tertiary/aromatic N) is 1. The second kappa shape index (κ2) is 8.00. The molecule has 0 spiro atoms. The van der Waals surface area contributed by atoms with Crippen LogP contribution in [-0.2, 0) is 16.2 Å². The summed E-state index contributed by atoms with van der Waals surface area (Å²) >= 11 is 0. The maximum atomic E-state index is 13.7. The van der Waals surface area contributed by atoms with E-state index in [-0.39, 0.29) is 24.8 Å². The molecule has 0 radical (unpaired) electrons. The summed E-state index contributed by atoms with van der Waals surface area (Å²) < 4.78 is 13.7. The first-order chi connectivity index (χ1) is 13.3. The molecule has 3 rings (SSSR count). The normalized spacial score (nSPS) is 16.1. The third-order valence-corrected chi connectivity index (χ3v) is 4.62. The number of carbonyl (C=O) groups excluding carboxylic acids is 1. The zero-order chi connectivity index (χ0) is 20.3. The van der Waals surface area contributed by atoms with E-state index in [2.05, 4.69) is 10.6 Å². The Kier molecular flexibility index (Phi) is 5.67. The molecule has 0 bridgehead atoms. The molecule has 1 aliphatic heterocycles. The molecule has 0 fully saturated rings. The van der Waals surface area contributed by atoms with E-state index in [0.29, 0.717) is 5.69 Å². The number of anilines is 2. The van der Waals surface area contributed by atoms with Crippen LogP contribution in [0, 0.1) is 12.7 Å². The molecule has 0 aliphatic carbocycles. The number of nitrogens with one attached hydrogen (secondary N) is 2. The number of amides is 1. The van der Waals surface area contributed by atoms with Gasteiger partial charge in [-0.05, 0) is 44.0 Å². The summed E-state index contributed by atoms with van der Waals surface area (Å²) in [6.45, 7) is 5.94. The summed E-state index contributed by atoms with van der Waals surface area (Å²) in [6.07, 6.45) is 1.83. The molecule has 1 heterocycles. The first kappa shape index (κ1) is 19.9. The monoisotopic (exact) mass is 384 g/mol. The van der Waals surface area contributed by atoms with Crippen LogP contribution in [0.15, 0.2) is 54.2 Å². The molecule has 1 aliphatic rings. The Morgan fingerprint density at radius 2 is 2.00 bits per heavy atom. The van der Waals surface area contributed by atoms with E-state index in [1.54, 1.807) is 6.08 Å². The van der Waals surface area contributed by atoms with Crippen molar-refractivity contribution in [3.63, 3.8) is 0 Å². The number of hydroxylamine groups is 1. The first-order valence-electron chi connectivity index (χ1n) is 9.07. The molecule has 1 amide bonds. The van der Waals surface area contributed by atoms with Gasteiger partial charge >= 0.3 is 0 Å². The van der Waals surface area contributed by atoms with Crippen molar-refractivity contribution in [2.75, 3.05) is 10.6 Å². The van der Waals surface area contributed by atoms with E-state index in [4.69, 9.17) is 10.7 Å². The van der Waals surface area contributed by atoms with E-state index < -0.39 is 5.54 Å². The highest BCUT2D eigenvalue weighted by atomic mass is 19.1. The fraction of sp³-hybridized carbons (Fsp3) is 0.286. The molecule has 4 N–H and O–H groups in total. The van der Waals surface area contributed by atoms with Crippen molar-refractivity contribution in [3.8, 4) is 0 Å². The van der Waals surface area contributed by atoms with Crippen LogP contribution in [0.25, 0.3) is 0 Å². The molecule has 0 atom stereocenters. The van der Waals surface area contributed by atoms with Crippen molar-refractivity contribution < 1.29 is 14.0 Å². The summed E-state index contributed by atoms with van der Waals surface area (Å²) in [5.41, 5.74) is 3.49. The van der Waals surface area contributed by atoms with E-state index in [9.17, 15) is 9.18 Å². The zero-order valence-corrected chi connectivity index (χ0v) is 16.3. The summed E-state index contributed by atoms with van der Waals surface area (Å²) in [6, 6.07) is 12.4. The molecule has 28 heavy (non-hydrogen) atoms. The topological polar surface area (TPSA) is 79.6 Å². The molecule has 0 aromatic heterocycles. The molecule has 2 aromatic rings. The Labute approximate surface area is 164 Å². The number of nitrogens with two attached hydrogens (primary N) is 1. The third kappa shape index (κ3) is 4.49. The lowest BCUT2D eigenvalue weighted by atomic mass is 9.94. The van der Waals surface area contributed by atoms with Crippen LogP contribution in [-0.4, -0.2) is 16.6 Å². The number of hydrogen-bond donors (Lipinski definition) is 3. The Hall–Kier alpha value is -2.90. The third-order valence-electron chi connectivity index (χ3n) is 4.62. The van der Waals surface area contributed by atoms with Gasteiger partial charge in [0, 0.05) is 5.70 Å². The summed E-state index contributed by atoms with van der Waals surface area (Å²) in [4.78, 5) is 17.6. The molecule has 148 valence electrons. The van der Waals surface area contributed by atoms with E-state index in [1.807, 2.05) is 51.1 Å². The van der Waals surface area contributed by atoms with Crippen molar-refractivity contribution in [1.82, 2.24) is 5.17 Å². The first-order valence-corrected chi connectivity index (χ1v) is 9.07. The molecule has 2 aromatic carbocycles. The van der Waals surface area contributed by atoms with Gasteiger partial charge in [-0.25, -0.2) is 10.2 Å². The Bertz CT molecular complexity index is 897. The number of hydrazine groups is 1. The number of carbonyl (C=O) groups is 1. The number of halogens is 1. The highest BCUT2D eigenvalue weighted by molar-refractivity contribution is 5.80. The predicted octanol–water partition coefficient (Wildman–Crippen LogP) is 3.86. The minimum atomic E-state index is -0.502. The average molecular weight is 384 g/mol. The summed E-state index contributed by atoms with van der Waals surface area (Å²) in [7, 11) is 0. The number of rotatable bonds is 5. The van der Waals surface area contributed by atoms with Gasteiger partial charge < -0.3 is 10.6 Å². The number of aryl methyl sites for hydroxylation is 1. The van der Waals surface area contributed by atoms with Gasteiger partial charge in [-0.3, -0.25) is 9.63 Å². The van der Waals surface area contributed by atoms with Crippen LogP contribution in [0.2, 0.25) is 0 Å². The summed E-state index contributed by atoms with van der Waals surface area (Å²) in [5.74, 6) is 5.05. The SMILES string of the molecule is Cc1cc(F)cc2c1NC(=CCC(=O)N(N)OCc1ccccc1)C(C)(C)N2. The highest BCUT2D eigenvalue weighted by Crippen LogP contribution is 2.38. The maximum absolute atomic E-state index is 13.7.